The molecule has 5 aliphatic carbocycles. The monoisotopic (exact) mass is 849 g/mol. The van der Waals surface area contributed by atoms with Crippen LogP contribution in [0.25, 0.3) is 0 Å². The minimum atomic E-state index is -1.13. The highest BCUT2D eigenvalue weighted by Gasteiger charge is 2.60. The number of nitrogens with one attached hydrogen (secondary N) is 2. The third-order valence-electron chi connectivity index (χ3n) is 13.5. The lowest BCUT2D eigenvalue weighted by Crippen LogP contribution is -2.65. The summed E-state index contributed by atoms with van der Waals surface area (Å²) in [6.07, 6.45) is 9.22. The summed E-state index contributed by atoms with van der Waals surface area (Å²) in [5, 5.41) is 6.11. The Morgan fingerprint density at radius 2 is 1.46 bits per heavy atom. The first kappa shape index (κ1) is 44.3. The van der Waals surface area contributed by atoms with Gasteiger partial charge >= 0.3 is 24.1 Å². The minimum Gasteiger partial charge on any atom is -0.493 e. The molecule has 0 spiro atoms. The maximum atomic E-state index is 13.2. The van der Waals surface area contributed by atoms with Crippen LogP contribution in [-0.2, 0) is 41.4 Å². The van der Waals surface area contributed by atoms with E-state index in [1.807, 2.05) is 24.3 Å². The summed E-state index contributed by atoms with van der Waals surface area (Å²) in [5.74, 6) is 1.10. The average molecular weight is 850 g/mol. The summed E-state index contributed by atoms with van der Waals surface area (Å²) in [4.78, 5) is 51.5. The fourth-order valence-electron chi connectivity index (χ4n) is 11.8. The Labute approximate surface area is 358 Å². The lowest BCUT2D eigenvalue weighted by atomic mass is 9.43. The van der Waals surface area contributed by atoms with Crippen LogP contribution in [-0.4, -0.2) is 95.6 Å². The van der Waals surface area contributed by atoms with Gasteiger partial charge in [-0.25, -0.2) is 9.59 Å². The van der Waals surface area contributed by atoms with Crippen molar-refractivity contribution in [3.8, 4) is 23.0 Å². The molecule has 5 saturated carbocycles. The first-order valence-electron chi connectivity index (χ1n) is 21.7. The van der Waals surface area contributed by atoms with Gasteiger partial charge in [-0.05, 0) is 116 Å². The second-order valence-electron chi connectivity index (χ2n) is 18.8. The molecule has 6 aliphatic rings. The predicted molar refractivity (Wildman–Crippen MR) is 223 cm³/mol. The number of ether oxygens (including phenoxy) is 8. The number of hydrogen-bond donors (Lipinski definition) is 3. The smallest absolute Gasteiger partial charge is 0.413 e. The second kappa shape index (κ2) is 18.7. The number of cyclic esters (lactones) is 1. The van der Waals surface area contributed by atoms with E-state index in [0.29, 0.717) is 55.5 Å². The van der Waals surface area contributed by atoms with Crippen molar-refractivity contribution in [2.24, 2.45) is 34.3 Å². The Hall–Kier alpha value is -4.76. The van der Waals surface area contributed by atoms with Crippen LogP contribution in [0.5, 0.6) is 23.0 Å². The van der Waals surface area contributed by atoms with E-state index in [1.165, 1.54) is 26.4 Å². The normalized spacial score (nSPS) is 30.5. The third-order valence-corrected chi connectivity index (χ3v) is 13.5. The highest BCUT2D eigenvalue weighted by molar-refractivity contribution is 5.77. The van der Waals surface area contributed by atoms with E-state index in [4.69, 9.17) is 43.6 Å². The number of amides is 2. The number of hydrogen-bond acceptors (Lipinski definition) is 13. The summed E-state index contributed by atoms with van der Waals surface area (Å²) in [6.45, 7) is 4.75. The first-order chi connectivity index (χ1) is 29.2. The Morgan fingerprint density at radius 1 is 0.803 bits per heavy atom. The van der Waals surface area contributed by atoms with Gasteiger partial charge in [0.1, 0.15) is 19.3 Å². The topological polar surface area (TPSA) is 192 Å². The first-order valence-corrected chi connectivity index (χ1v) is 21.7. The molecule has 2 aromatic carbocycles. The highest BCUT2D eigenvalue weighted by Crippen LogP contribution is 2.66. The summed E-state index contributed by atoms with van der Waals surface area (Å²) >= 11 is 0. The van der Waals surface area contributed by atoms with Crippen LogP contribution in [0.4, 0.5) is 9.59 Å². The quantitative estimate of drug-likeness (QED) is 0.0948. The Bertz CT molecular complexity index is 1910. The summed E-state index contributed by atoms with van der Waals surface area (Å²) in [5.41, 5.74) is 8.09. The van der Waals surface area contributed by atoms with E-state index in [1.54, 1.807) is 26.4 Å². The van der Waals surface area contributed by atoms with Crippen LogP contribution in [0, 0.1) is 28.6 Å². The van der Waals surface area contributed by atoms with E-state index in [0.717, 1.165) is 43.2 Å². The molecule has 334 valence electrons. The van der Waals surface area contributed by atoms with Crippen LogP contribution in [0.3, 0.4) is 0 Å². The van der Waals surface area contributed by atoms with Gasteiger partial charge in [0.2, 0.25) is 0 Å². The van der Waals surface area contributed by atoms with Gasteiger partial charge in [-0.1, -0.05) is 38.8 Å². The Morgan fingerprint density at radius 3 is 2.15 bits per heavy atom. The van der Waals surface area contributed by atoms with Crippen molar-refractivity contribution in [1.82, 2.24) is 10.6 Å². The molecule has 0 aromatic heterocycles. The van der Waals surface area contributed by atoms with Crippen molar-refractivity contribution >= 4 is 24.1 Å². The SMILES string of the molecule is COc1ccc(C[C@H]2COC(=O)[C@@H]2Cc2ccc(OC(=O)N[C@H]3CCCC[C@@H]3OCCOC(=O)[C@@H](N)COC(=O)NC34CC5CC(C)(CC(C)(C5)C3)C4)c(OC)c2)cc1OC. The summed E-state index contributed by atoms with van der Waals surface area (Å²) in [7, 11) is 4.67. The standard InChI is InChI=1S/C46H63N3O12/c1-44-20-30-21-45(2,25-44)27-46(22-30,26-44)49-43(53)60-24-33(47)41(51)58-15-14-57-35-9-7-6-8-34(35)48-42(52)61-37-13-11-29(19-39(37)56-5)17-32-31(23-59-40(32)50)16-28-10-12-36(54-3)38(18-28)55-4/h10-13,18-19,30-35H,6-9,14-17,20-27,47H2,1-5H3,(H,48,52)(H,49,53)/t30?,31-,32+,33-,34-,35-,44?,45?,46?/m0/s1. The molecule has 2 aromatic rings. The molecule has 2 amide bonds. The van der Waals surface area contributed by atoms with Gasteiger partial charge in [0.15, 0.2) is 23.0 Å². The molecular formula is C46H63N3O12. The van der Waals surface area contributed by atoms with E-state index >= 15 is 0 Å². The molecule has 4 N–H and O–H groups in total. The lowest BCUT2D eigenvalue weighted by Gasteiger charge is -2.65. The summed E-state index contributed by atoms with van der Waals surface area (Å²) < 4.78 is 44.4. The fraction of sp³-hybridized carbons (Fsp3) is 0.652. The number of carbonyl (C=O) groups excluding carboxylic acids is 4. The van der Waals surface area contributed by atoms with Crippen LogP contribution in [0.1, 0.15) is 89.2 Å². The largest absolute Gasteiger partial charge is 0.493 e. The van der Waals surface area contributed by atoms with Crippen LogP contribution in [0.2, 0.25) is 0 Å². The number of esters is 2. The van der Waals surface area contributed by atoms with Crippen LogP contribution < -0.4 is 35.3 Å². The van der Waals surface area contributed by atoms with Gasteiger partial charge in [0.25, 0.3) is 0 Å². The molecule has 6 fully saturated rings. The fourth-order valence-corrected chi connectivity index (χ4v) is 11.8. The van der Waals surface area contributed by atoms with E-state index in [-0.39, 0.29) is 71.9 Å². The molecule has 61 heavy (non-hydrogen) atoms. The van der Waals surface area contributed by atoms with Gasteiger partial charge in [-0.3, -0.25) is 9.59 Å². The van der Waals surface area contributed by atoms with Crippen molar-refractivity contribution in [2.75, 3.05) is 47.8 Å². The van der Waals surface area contributed by atoms with Gasteiger partial charge in [-0.15, -0.1) is 0 Å². The molecule has 8 rings (SSSR count). The van der Waals surface area contributed by atoms with Crippen molar-refractivity contribution in [2.45, 2.75) is 115 Å². The lowest BCUT2D eigenvalue weighted by molar-refractivity contribution is -0.148. The molecule has 15 heteroatoms. The van der Waals surface area contributed by atoms with Gasteiger partial charge in [0.05, 0.1) is 52.6 Å². The number of nitrogens with two attached hydrogens (primary N) is 1. The average Bonchev–Trinajstić information content (AvgIpc) is 3.54. The molecular weight excluding hydrogens is 787 g/mol. The maximum absolute atomic E-state index is 13.2. The number of alkyl carbamates (subject to hydrolysis) is 1. The predicted octanol–water partition coefficient (Wildman–Crippen LogP) is 6.05. The number of carbonyl (C=O) groups is 4. The van der Waals surface area contributed by atoms with Gasteiger partial charge < -0.3 is 54.3 Å². The van der Waals surface area contributed by atoms with Crippen LogP contribution in [0.15, 0.2) is 36.4 Å². The molecule has 0 radical (unpaired) electrons. The Balaban J connectivity index is 0.835. The molecule has 7 atom stereocenters. The molecule has 1 heterocycles. The van der Waals surface area contributed by atoms with Gasteiger partial charge in [0, 0.05) is 11.5 Å². The number of benzene rings is 2. The molecule has 2 unspecified atom stereocenters. The van der Waals surface area contributed by atoms with Crippen molar-refractivity contribution < 1.29 is 57.1 Å². The maximum Gasteiger partial charge on any atom is 0.413 e. The zero-order valence-corrected chi connectivity index (χ0v) is 36.2. The van der Waals surface area contributed by atoms with E-state index < -0.39 is 24.2 Å². The van der Waals surface area contributed by atoms with E-state index in [9.17, 15) is 19.2 Å². The Kier molecular flexibility index (Phi) is 13.6. The van der Waals surface area contributed by atoms with E-state index in [2.05, 4.69) is 24.5 Å². The molecule has 4 bridgehead atoms. The highest BCUT2D eigenvalue weighted by atomic mass is 16.6. The van der Waals surface area contributed by atoms with Crippen LogP contribution >= 0.6 is 0 Å². The van der Waals surface area contributed by atoms with Crippen molar-refractivity contribution in [1.29, 1.82) is 0 Å². The molecule has 1 saturated heterocycles. The third kappa shape index (κ3) is 10.7. The molecule has 1 aliphatic heterocycles. The van der Waals surface area contributed by atoms with Crippen molar-refractivity contribution in [3.63, 3.8) is 0 Å². The molecule has 15 nitrogen and oxygen atoms in total. The minimum absolute atomic E-state index is 0.0450. The van der Waals surface area contributed by atoms with Gasteiger partial charge in [-0.2, -0.15) is 0 Å². The zero-order chi connectivity index (χ0) is 43.4. The second-order valence-corrected chi connectivity index (χ2v) is 18.8. The zero-order valence-electron chi connectivity index (χ0n) is 36.2. The number of methoxy groups -OCH3 is 3. The number of rotatable bonds is 17. The van der Waals surface area contributed by atoms with Crippen molar-refractivity contribution in [3.05, 3.63) is 47.5 Å². The summed E-state index contributed by atoms with van der Waals surface area (Å²) in [6, 6.07) is 9.51.